The highest BCUT2D eigenvalue weighted by Crippen LogP contribution is 2.41. The molecule has 1 aliphatic heterocycles. The maximum Gasteiger partial charge on any atom is 0.329 e. The van der Waals surface area contributed by atoms with E-state index in [1.54, 1.807) is 6.20 Å². The number of carbonyl (C=O) groups is 1. The normalized spacial score (nSPS) is 16.0. The molecule has 1 aromatic heterocycles. The van der Waals surface area contributed by atoms with Gasteiger partial charge in [0.25, 0.3) is 0 Å². The van der Waals surface area contributed by atoms with Crippen molar-refractivity contribution in [3.63, 3.8) is 0 Å². The molecule has 148 valence electrons. The van der Waals surface area contributed by atoms with Crippen LogP contribution < -0.4 is 4.90 Å². The highest BCUT2D eigenvalue weighted by Gasteiger charge is 2.42. The molecular weight excluding hydrogens is 360 g/mol. The van der Waals surface area contributed by atoms with Gasteiger partial charge in [-0.15, -0.1) is 0 Å². The number of fused-ring (bicyclic) bond motifs is 1. The van der Waals surface area contributed by atoms with Crippen LogP contribution in [0.4, 0.5) is 5.82 Å². The number of rotatable bonds is 4. The molecule has 2 heterocycles. The Balaban J connectivity index is 1.84. The zero-order valence-electron chi connectivity index (χ0n) is 17.1. The maximum absolute atomic E-state index is 13.2. The van der Waals surface area contributed by atoms with Crippen LogP contribution in [0.15, 0.2) is 79.0 Å². The topological polar surface area (TPSA) is 42.4 Å². The lowest BCUT2D eigenvalue weighted by atomic mass is 9.96. The molecule has 1 aliphatic rings. The Labute approximate surface area is 172 Å². The van der Waals surface area contributed by atoms with E-state index in [0.29, 0.717) is 6.42 Å². The van der Waals surface area contributed by atoms with Gasteiger partial charge in [-0.05, 0) is 43.5 Å². The van der Waals surface area contributed by atoms with E-state index >= 15 is 0 Å². The predicted molar refractivity (Wildman–Crippen MR) is 115 cm³/mol. The monoisotopic (exact) mass is 386 g/mol. The second kappa shape index (κ2) is 7.70. The van der Waals surface area contributed by atoms with Crippen molar-refractivity contribution in [1.82, 2.24) is 4.98 Å². The minimum absolute atomic E-state index is 0.133. The average Bonchev–Trinajstić information content (AvgIpc) is 3.08. The fourth-order valence-electron chi connectivity index (χ4n) is 3.93. The van der Waals surface area contributed by atoms with E-state index in [9.17, 15) is 4.79 Å². The molecule has 29 heavy (non-hydrogen) atoms. The number of pyridine rings is 1. The summed E-state index contributed by atoms with van der Waals surface area (Å²) >= 11 is 0. The largest absolute Gasteiger partial charge is 0.458 e. The standard InChI is InChI=1S/C25H26N2O2/c1-25(2,3)29-24(28)21-17-20-15-10-16-26-23(20)27(21)22(18-11-6-4-7-12-18)19-13-8-5-9-14-19/h4-16,21-22H,17H2,1-3H3. The second-order valence-corrected chi connectivity index (χ2v) is 8.37. The molecule has 0 spiro atoms. The van der Waals surface area contributed by atoms with Gasteiger partial charge < -0.3 is 9.64 Å². The van der Waals surface area contributed by atoms with E-state index in [4.69, 9.17) is 4.74 Å². The van der Waals surface area contributed by atoms with Crippen molar-refractivity contribution in [2.24, 2.45) is 0 Å². The van der Waals surface area contributed by atoms with Crippen molar-refractivity contribution in [3.8, 4) is 0 Å². The summed E-state index contributed by atoms with van der Waals surface area (Å²) in [6.45, 7) is 5.71. The van der Waals surface area contributed by atoms with Crippen molar-refractivity contribution in [3.05, 3.63) is 95.7 Å². The summed E-state index contributed by atoms with van der Waals surface area (Å²) in [4.78, 5) is 20.0. The Bertz CT molecular complexity index is 941. The minimum Gasteiger partial charge on any atom is -0.458 e. The summed E-state index contributed by atoms with van der Waals surface area (Å²) in [7, 11) is 0. The molecule has 0 N–H and O–H groups in total. The van der Waals surface area contributed by atoms with Gasteiger partial charge in [0.1, 0.15) is 17.5 Å². The molecule has 3 aromatic rings. The summed E-state index contributed by atoms with van der Waals surface area (Å²) < 4.78 is 5.80. The summed E-state index contributed by atoms with van der Waals surface area (Å²) in [5.74, 6) is 0.633. The fraction of sp³-hybridized carbons (Fsp3) is 0.280. The van der Waals surface area contributed by atoms with Gasteiger partial charge in [0, 0.05) is 12.6 Å². The molecule has 0 bridgehead atoms. The molecule has 1 atom stereocenters. The van der Waals surface area contributed by atoms with Crippen molar-refractivity contribution in [2.75, 3.05) is 4.90 Å². The van der Waals surface area contributed by atoms with Crippen LogP contribution in [0.1, 0.15) is 43.5 Å². The zero-order valence-corrected chi connectivity index (χ0v) is 17.1. The first-order valence-electron chi connectivity index (χ1n) is 9.99. The summed E-state index contributed by atoms with van der Waals surface area (Å²) in [5, 5.41) is 0. The van der Waals surface area contributed by atoms with Crippen LogP contribution in [-0.4, -0.2) is 22.6 Å². The van der Waals surface area contributed by atoms with E-state index in [1.165, 1.54) is 0 Å². The molecule has 4 rings (SSSR count). The van der Waals surface area contributed by atoms with Gasteiger partial charge in [0.2, 0.25) is 0 Å². The van der Waals surface area contributed by atoms with Crippen molar-refractivity contribution < 1.29 is 9.53 Å². The maximum atomic E-state index is 13.2. The summed E-state index contributed by atoms with van der Waals surface area (Å²) in [6, 6.07) is 24.0. The molecule has 0 amide bonds. The Kier molecular flexibility index (Phi) is 5.10. The molecule has 0 fully saturated rings. The van der Waals surface area contributed by atoms with Gasteiger partial charge in [-0.3, -0.25) is 0 Å². The first-order chi connectivity index (χ1) is 13.9. The number of esters is 1. The molecule has 4 heteroatoms. The smallest absolute Gasteiger partial charge is 0.329 e. The van der Waals surface area contributed by atoms with E-state index in [0.717, 1.165) is 22.5 Å². The van der Waals surface area contributed by atoms with Crippen LogP contribution in [-0.2, 0) is 16.0 Å². The minimum atomic E-state index is -0.542. The summed E-state index contributed by atoms with van der Waals surface area (Å²) in [6.07, 6.45) is 2.38. The number of hydrogen-bond donors (Lipinski definition) is 0. The number of hydrogen-bond acceptors (Lipinski definition) is 4. The van der Waals surface area contributed by atoms with E-state index < -0.39 is 11.6 Å². The van der Waals surface area contributed by atoms with Crippen LogP contribution in [0.2, 0.25) is 0 Å². The third-order valence-electron chi connectivity index (χ3n) is 5.05. The Morgan fingerprint density at radius 1 is 0.966 bits per heavy atom. The molecule has 0 saturated heterocycles. The fourth-order valence-corrected chi connectivity index (χ4v) is 3.93. The number of benzene rings is 2. The predicted octanol–water partition coefficient (Wildman–Crippen LogP) is 4.94. The molecule has 0 saturated carbocycles. The van der Waals surface area contributed by atoms with Gasteiger partial charge in [-0.25, -0.2) is 9.78 Å². The van der Waals surface area contributed by atoms with E-state index in [-0.39, 0.29) is 12.0 Å². The summed E-state index contributed by atoms with van der Waals surface area (Å²) in [5.41, 5.74) is 2.76. The highest BCUT2D eigenvalue weighted by molar-refractivity contribution is 5.84. The van der Waals surface area contributed by atoms with Crippen LogP contribution in [0.25, 0.3) is 0 Å². The quantitative estimate of drug-likeness (QED) is 0.596. The van der Waals surface area contributed by atoms with Crippen LogP contribution in [0, 0.1) is 0 Å². The Morgan fingerprint density at radius 3 is 2.10 bits per heavy atom. The number of aromatic nitrogens is 1. The molecular formula is C25H26N2O2. The van der Waals surface area contributed by atoms with Crippen LogP contribution >= 0.6 is 0 Å². The third kappa shape index (κ3) is 4.02. The lowest BCUT2D eigenvalue weighted by Gasteiger charge is -2.35. The second-order valence-electron chi connectivity index (χ2n) is 8.37. The third-order valence-corrected chi connectivity index (χ3v) is 5.05. The SMILES string of the molecule is CC(C)(C)OC(=O)C1Cc2cccnc2N1C(c1ccccc1)c1ccccc1. The van der Waals surface area contributed by atoms with Crippen molar-refractivity contribution in [2.45, 2.75) is 44.9 Å². The Morgan fingerprint density at radius 2 is 1.55 bits per heavy atom. The van der Waals surface area contributed by atoms with Gasteiger partial charge in [0.05, 0.1) is 6.04 Å². The zero-order chi connectivity index (χ0) is 20.4. The molecule has 0 aliphatic carbocycles. The molecule has 0 radical (unpaired) electrons. The van der Waals surface area contributed by atoms with Gasteiger partial charge in [-0.1, -0.05) is 66.7 Å². The number of anilines is 1. The number of carbonyl (C=O) groups excluding carboxylic acids is 1. The number of ether oxygens (including phenoxy) is 1. The first kappa shape index (κ1) is 19.2. The average molecular weight is 386 g/mol. The lowest BCUT2D eigenvalue weighted by Crippen LogP contribution is -2.45. The van der Waals surface area contributed by atoms with Crippen LogP contribution in [0.3, 0.4) is 0 Å². The number of nitrogens with zero attached hydrogens (tertiary/aromatic N) is 2. The van der Waals surface area contributed by atoms with Gasteiger partial charge in [0.15, 0.2) is 0 Å². The van der Waals surface area contributed by atoms with E-state index in [1.807, 2.05) is 69.3 Å². The molecule has 1 unspecified atom stereocenters. The van der Waals surface area contributed by atoms with Crippen LogP contribution in [0.5, 0.6) is 0 Å². The first-order valence-corrected chi connectivity index (χ1v) is 9.99. The van der Waals surface area contributed by atoms with Gasteiger partial charge in [-0.2, -0.15) is 0 Å². The highest BCUT2D eigenvalue weighted by atomic mass is 16.6. The Hall–Kier alpha value is -3.14. The van der Waals surface area contributed by atoms with Gasteiger partial charge >= 0.3 is 5.97 Å². The van der Waals surface area contributed by atoms with E-state index in [2.05, 4.69) is 34.1 Å². The lowest BCUT2D eigenvalue weighted by molar-refractivity contribution is -0.156. The van der Waals surface area contributed by atoms with Crippen molar-refractivity contribution in [1.29, 1.82) is 0 Å². The van der Waals surface area contributed by atoms with Crippen molar-refractivity contribution >= 4 is 11.8 Å². The molecule has 4 nitrogen and oxygen atoms in total. The molecule has 2 aromatic carbocycles.